The Balaban J connectivity index is -0.0000000121. The summed E-state index contributed by atoms with van der Waals surface area (Å²) in [7, 11) is -8.67. The third-order valence-corrected chi connectivity index (χ3v) is 0. The van der Waals surface area contributed by atoms with Crippen LogP contribution in [0.2, 0.25) is 0 Å². The Morgan fingerprint density at radius 1 is 0.286 bits per heavy atom. The zero-order valence-corrected chi connectivity index (χ0v) is 9.68. The molecule has 0 fully saturated rings. The Labute approximate surface area is 141 Å². The van der Waals surface area contributed by atoms with Crippen LogP contribution >= 0.6 is 0 Å². The van der Waals surface area contributed by atoms with Crippen molar-refractivity contribution in [3.63, 3.8) is 0 Å². The van der Waals surface area contributed by atoms with Gasteiger partial charge in [-0.2, -0.15) is 0 Å². The molecule has 0 atom stereocenters. The summed E-state index contributed by atoms with van der Waals surface area (Å²) in [4.78, 5) is 0. The van der Waals surface area contributed by atoms with E-state index in [1.807, 2.05) is 0 Å². The van der Waals surface area contributed by atoms with E-state index in [-0.39, 0.29) is 51.5 Å². The summed E-state index contributed by atoms with van der Waals surface area (Å²) < 4.78 is 0. The first-order chi connectivity index (χ1) is 6.93. The average molecular weight is 343 g/mol. The van der Waals surface area contributed by atoms with Gasteiger partial charge in [-0.15, -0.1) is 0 Å². The molecule has 21 heavy (non-hydrogen) atoms. The van der Waals surface area contributed by atoms with Crippen molar-refractivity contribution in [2.45, 2.75) is 0 Å². The van der Waals surface area contributed by atoms with Gasteiger partial charge in [-0.25, -0.2) is 0 Å². The van der Waals surface area contributed by atoms with Crippen LogP contribution in [0, 0.1) is 0 Å². The summed E-state index contributed by atoms with van der Waals surface area (Å²) in [6.45, 7) is 0. The zero-order chi connectivity index (χ0) is 14.3. The Hall–Kier alpha value is 0.620. The Bertz CT molecular complexity index is 63.3. The summed E-state index contributed by atoms with van der Waals surface area (Å²) in [5.41, 5.74) is 0. The van der Waals surface area contributed by atoms with Gasteiger partial charge in [-0.05, 0) is 0 Å². The van der Waals surface area contributed by atoms with E-state index in [1.165, 1.54) is 0 Å². The Morgan fingerprint density at radius 2 is 0.286 bits per heavy atom. The first-order valence-electron chi connectivity index (χ1n) is 3.10. The monoisotopic (exact) mass is 344 g/mol. The molecule has 0 amide bonds. The van der Waals surface area contributed by atoms with Gasteiger partial charge in [0.1, 0.15) is 0 Å². The number of hydrogen-bond donors (Lipinski definition) is 12. The quantitative estimate of drug-likeness (QED) is 0.182. The first-order valence-corrected chi connectivity index (χ1v) is 3.10. The molecule has 20 N–H and O–H groups in total. The standard InChI is InChI=1S/4BH3O3.Na.4H2O.H/c4*2-1(3)4;;;;;;/h4*2-4H;;4*1H2;. The molecule has 0 aromatic rings. The van der Waals surface area contributed by atoms with Crippen molar-refractivity contribution in [3.05, 3.63) is 0 Å². The molecule has 0 heterocycles. The molecule has 0 aliphatic rings. The van der Waals surface area contributed by atoms with Crippen LogP contribution in [0.5, 0.6) is 0 Å². The minimum absolute atomic E-state index is 0. The fraction of sp³-hybridized carbons (Fsp3) is 0. The van der Waals surface area contributed by atoms with Gasteiger partial charge in [0.25, 0.3) is 0 Å². The van der Waals surface area contributed by atoms with E-state index in [0.29, 0.717) is 0 Å². The maximum atomic E-state index is 7.17. The molecule has 0 aliphatic carbocycles. The molecule has 0 aliphatic heterocycles. The van der Waals surface area contributed by atoms with Crippen molar-refractivity contribution < 1.29 is 82.2 Å². The molecule has 0 spiro atoms. The Kier molecular flexibility index (Phi) is 137. The van der Waals surface area contributed by atoms with Gasteiger partial charge >= 0.3 is 58.8 Å². The van der Waals surface area contributed by atoms with Gasteiger partial charge in [0.05, 0.1) is 0 Å². The van der Waals surface area contributed by atoms with E-state index in [4.69, 9.17) is 60.3 Å². The van der Waals surface area contributed by atoms with Crippen LogP contribution in [0.4, 0.5) is 0 Å². The van der Waals surface area contributed by atoms with Gasteiger partial charge in [-0.3, -0.25) is 0 Å². The molecule has 0 unspecified atom stereocenters. The van der Waals surface area contributed by atoms with Crippen LogP contribution in [-0.2, 0) is 0 Å². The summed E-state index contributed by atoms with van der Waals surface area (Å²) >= 11 is 0. The molecule has 16 nitrogen and oxygen atoms in total. The minimum atomic E-state index is -2.17. The van der Waals surface area contributed by atoms with Crippen LogP contribution < -0.4 is 0 Å². The van der Waals surface area contributed by atoms with Crippen LogP contribution in [0.3, 0.4) is 0 Å². The fourth-order valence-corrected chi connectivity index (χ4v) is 0. The zero-order valence-electron chi connectivity index (χ0n) is 9.68. The summed E-state index contributed by atoms with van der Waals surface area (Å²) in [6, 6.07) is 0. The van der Waals surface area contributed by atoms with Crippen molar-refractivity contribution >= 4 is 58.8 Å². The molecule has 0 saturated heterocycles. The molecule has 21 heteroatoms. The molecule has 0 aromatic carbocycles. The summed E-state index contributed by atoms with van der Waals surface area (Å²) in [5, 5.41) is 86.0. The molecule has 0 aromatic heterocycles. The van der Waals surface area contributed by atoms with Gasteiger partial charge < -0.3 is 82.2 Å². The Morgan fingerprint density at radius 3 is 0.286 bits per heavy atom. The third kappa shape index (κ3) is 18600. The van der Waals surface area contributed by atoms with Crippen LogP contribution in [0.1, 0.15) is 0 Å². The second-order valence-electron chi connectivity index (χ2n) is 1.39. The maximum absolute atomic E-state index is 7.17. The molecular formula is H21B4NaO16. The van der Waals surface area contributed by atoms with Gasteiger partial charge in [-0.1, -0.05) is 0 Å². The topological polar surface area (TPSA) is 369 Å². The van der Waals surface area contributed by atoms with Crippen molar-refractivity contribution in [3.8, 4) is 0 Å². The van der Waals surface area contributed by atoms with Crippen molar-refractivity contribution in [2.75, 3.05) is 0 Å². The molecule has 130 valence electrons. The van der Waals surface area contributed by atoms with Gasteiger partial charge in [0.15, 0.2) is 0 Å². The van der Waals surface area contributed by atoms with Crippen LogP contribution in [0.25, 0.3) is 0 Å². The average Bonchev–Trinajstić information content (AvgIpc) is 1.76. The van der Waals surface area contributed by atoms with Gasteiger partial charge in [0.2, 0.25) is 0 Å². The van der Waals surface area contributed by atoms with E-state index in [9.17, 15) is 0 Å². The third-order valence-electron chi connectivity index (χ3n) is 0. The van der Waals surface area contributed by atoms with E-state index >= 15 is 0 Å². The molecule has 0 saturated carbocycles. The predicted octanol–water partition coefficient (Wildman–Crippen LogP) is -12.2. The second kappa shape index (κ2) is 49.8. The fourth-order valence-electron chi connectivity index (χ4n) is 0. The van der Waals surface area contributed by atoms with Crippen molar-refractivity contribution in [1.29, 1.82) is 0 Å². The van der Waals surface area contributed by atoms with E-state index < -0.39 is 29.3 Å². The molecular weight excluding hydrogens is 322 g/mol. The van der Waals surface area contributed by atoms with E-state index in [0.717, 1.165) is 0 Å². The van der Waals surface area contributed by atoms with Crippen molar-refractivity contribution in [1.82, 2.24) is 0 Å². The SMILES string of the molecule is O.O.O.O.OB(O)O.OB(O)O.OB(O)O.OB(O)O.[NaH]. The molecule has 0 rings (SSSR count). The second-order valence-corrected chi connectivity index (χ2v) is 1.39. The summed E-state index contributed by atoms with van der Waals surface area (Å²) in [6.07, 6.45) is 0. The summed E-state index contributed by atoms with van der Waals surface area (Å²) in [5.74, 6) is 0. The van der Waals surface area contributed by atoms with Crippen LogP contribution in [-0.4, -0.2) is 141 Å². The van der Waals surface area contributed by atoms with Gasteiger partial charge in [0, 0.05) is 0 Å². The van der Waals surface area contributed by atoms with E-state index in [2.05, 4.69) is 0 Å². The van der Waals surface area contributed by atoms with E-state index in [1.54, 1.807) is 0 Å². The van der Waals surface area contributed by atoms with Crippen molar-refractivity contribution in [2.24, 2.45) is 0 Å². The van der Waals surface area contributed by atoms with Crippen LogP contribution in [0.15, 0.2) is 0 Å². The number of hydrogen-bond acceptors (Lipinski definition) is 12. The normalized spacial score (nSPS) is 5.14. The predicted molar refractivity (Wildman–Crippen MR) is 71.2 cm³/mol. The first kappa shape index (κ1) is 57.7. The molecule has 0 radical (unpaired) electrons. The molecule has 0 bridgehead atoms. The number of rotatable bonds is 0.